The van der Waals surface area contributed by atoms with Crippen LogP contribution in [0.4, 0.5) is 0 Å². The van der Waals surface area contributed by atoms with E-state index in [-0.39, 0.29) is 11.8 Å². The molecule has 1 aliphatic rings. The number of aromatic nitrogens is 2. The van der Waals surface area contributed by atoms with Crippen LogP contribution in [0.2, 0.25) is 0 Å². The van der Waals surface area contributed by atoms with Crippen LogP contribution >= 0.6 is 0 Å². The summed E-state index contributed by atoms with van der Waals surface area (Å²) in [6.07, 6.45) is 7.88. The highest BCUT2D eigenvalue weighted by atomic mass is 16.5. The standard InChI is InChI=1S/C25H37N5O3/c1-19(2)10-13-30-16-22-21(25(32)28-12-9-20-15-26-18-29-20)7-6-8-23(22)33-14-5-3-4-11-27-24(31)17-30/h6-8,15,18-19H,3-5,9-14,16-17H2,1-2H3,(H,26,29)(H,27,31)(H,28,32). The fraction of sp³-hybridized carbons (Fsp3) is 0.560. The van der Waals surface area contributed by atoms with Crippen LogP contribution in [0.5, 0.6) is 5.75 Å². The van der Waals surface area contributed by atoms with Crippen molar-refractivity contribution >= 4 is 11.8 Å². The van der Waals surface area contributed by atoms with Crippen molar-refractivity contribution in [1.29, 1.82) is 0 Å². The second-order valence-corrected chi connectivity index (χ2v) is 9.02. The minimum absolute atomic E-state index is 0.0296. The van der Waals surface area contributed by atoms with Crippen molar-refractivity contribution in [3.8, 4) is 5.75 Å². The lowest BCUT2D eigenvalue weighted by molar-refractivity contribution is -0.122. The van der Waals surface area contributed by atoms with Gasteiger partial charge in [-0.2, -0.15) is 0 Å². The van der Waals surface area contributed by atoms with Gasteiger partial charge in [0.15, 0.2) is 0 Å². The van der Waals surface area contributed by atoms with E-state index in [1.807, 2.05) is 18.2 Å². The highest BCUT2D eigenvalue weighted by molar-refractivity contribution is 5.96. The first-order valence-electron chi connectivity index (χ1n) is 12.0. The number of carbonyl (C=O) groups excluding carboxylic acids is 2. The van der Waals surface area contributed by atoms with Gasteiger partial charge in [-0.15, -0.1) is 0 Å². The van der Waals surface area contributed by atoms with Crippen LogP contribution in [0.15, 0.2) is 30.7 Å². The van der Waals surface area contributed by atoms with Gasteiger partial charge in [0.05, 0.1) is 19.5 Å². The quantitative estimate of drug-likeness (QED) is 0.596. The molecular formula is C25H37N5O3. The average Bonchev–Trinajstić information content (AvgIpc) is 3.30. The lowest BCUT2D eigenvalue weighted by Gasteiger charge is -2.25. The number of imidazole rings is 1. The van der Waals surface area contributed by atoms with E-state index in [9.17, 15) is 9.59 Å². The van der Waals surface area contributed by atoms with Gasteiger partial charge < -0.3 is 20.4 Å². The molecule has 0 aliphatic carbocycles. The lowest BCUT2D eigenvalue weighted by atomic mass is 10.0. The second-order valence-electron chi connectivity index (χ2n) is 9.02. The summed E-state index contributed by atoms with van der Waals surface area (Å²) in [6.45, 7) is 7.71. The number of rotatable bonds is 7. The SMILES string of the molecule is CC(C)CCN1CC(=O)NCCCCCOc2cccc(C(=O)NCCc3cnc[nH]3)c2C1. The van der Waals surface area contributed by atoms with Crippen LogP contribution in [0.25, 0.3) is 0 Å². The van der Waals surface area contributed by atoms with E-state index in [1.54, 1.807) is 12.5 Å². The molecule has 3 N–H and O–H groups in total. The molecule has 1 aromatic heterocycles. The maximum Gasteiger partial charge on any atom is 0.251 e. The van der Waals surface area contributed by atoms with Crippen LogP contribution < -0.4 is 15.4 Å². The van der Waals surface area contributed by atoms with Crippen molar-refractivity contribution in [2.45, 2.75) is 52.5 Å². The van der Waals surface area contributed by atoms with Crippen LogP contribution in [-0.2, 0) is 17.8 Å². The van der Waals surface area contributed by atoms with Gasteiger partial charge in [0, 0.05) is 49.1 Å². The fourth-order valence-electron chi connectivity index (χ4n) is 3.86. The number of ether oxygens (including phenoxy) is 1. The van der Waals surface area contributed by atoms with Crippen molar-refractivity contribution in [1.82, 2.24) is 25.5 Å². The number of amides is 2. The molecule has 2 heterocycles. The zero-order valence-corrected chi connectivity index (χ0v) is 19.9. The van der Waals surface area contributed by atoms with Gasteiger partial charge in [-0.1, -0.05) is 19.9 Å². The predicted octanol–water partition coefficient (Wildman–Crippen LogP) is 2.91. The predicted molar refractivity (Wildman–Crippen MR) is 128 cm³/mol. The summed E-state index contributed by atoms with van der Waals surface area (Å²) < 4.78 is 6.13. The van der Waals surface area contributed by atoms with Gasteiger partial charge in [-0.25, -0.2) is 4.98 Å². The summed E-state index contributed by atoms with van der Waals surface area (Å²) in [6, 6.07) is 5.63. The molecule has 8 nitrogen and oxygen atoms in total. The van der Waals surface area contributed by atoms with Gasteiger partial charge in [0.25, 0.3) is 5.91 Å². The Labute approximate surface area is 196 Å². The number of carbonyl (C=O) groups is 2. The molecule has 0 saturated heterocycles. The Balaban J connectivity index is 1.80. The zero-order chi connectivity index (χ0) is 23.5. The molecule has 2 amide bonds. The van der Waals surface area contributed by atoms with E-state index in [0.717, 1.165) is 49.2 Å². The van der Waals surface area contributed by atoms with Gasteiger partial charge in [-0.3, -0.25) is 14.5 Å². The first kappa shape index (κ1) is 24.8. The Kier molecular flexibility index (Phi) is 9.75. The minimum Gasteiger partial charge on any atom is -0.493 e. The number of fused-ring (bicyclic) bond motifs is 1. The normalized spacial score (nSPS) is 16.0. The second kappa shape index (κ2) is 13.0. The van der Waals surface area contributed by atoms with Gasteiger partial charge in [0.2, 0.25) is 5.91 Å². The number of aromatic amines is 1. The summed E-state index contributed by atoms with van der Waals surface area (Å²) in [7, 11) is 0. The first-order valence-corrected chi connectivity index (χ1v) is 12.0. The van der Waals surface area contributed by atoms with Crippen LogP contribution in [0.3, 0.4) is 0 Å². The van der Waals surface area contributed by atoms with Gasteiger partial charge in [0.1, 0.15) is 5.75 Å². The van der Waals surface area contributed by atoms with Gasteiger partial charge >= 0.3 is 0 Å². The summed E-state index contributed by atoms with van der Waals surface area (Å²) >= 11 is 0. The van der Waals surface area contributed by atoms with E-state index in [4.69, 9.17) is 4.74 Å². The maximum absolute atomic E-state index is 13.1. The third kappa shape index (κ3) is 8.20. The van der Waals surface area contributed by atoms with Crippen molar-refractivity contribution in [2.24, 2.45) is 5.92 Å². The van der Waals surface area contributed by atoms with Crippen LogP contribution in [0, 0.1) is 5.92 Å². The number of hydrogen-bond acceptors (Lipinski definition) is 5. The lowest BCUT2D eigenvalue weighted by Crippen LogP contribution is -2.38. The molecule has 0 saturated carbocycles. The maximum atomic E-state index is 13.1. The number of nitrogens with one attached hydrogen (secondary N) is 3. The highest BCUT2D eigenvalue weighted by Crippen LogP contribution is 2.25. The van der Waals surface area contributed by atoms with Crippen molar-refractivity contribution < 1.29 is 14.3 Å². The molecule has 33 heavy (non-hydrogen) atoms. The van der Waals surface area contributed by atoms with E-state index < -0.39 is 0 Å². The third-order valence-corrected chi connectivity index (χ3v) is 5.78. The summed E-state index contributed by atoms with van der Waals surface area (Å²) in [5, 5.41) is 6.05. The van der Waals surface area contributed by atoms with Crippen molar-refractivity contribution in [2.75, 3.05) is 32.8 Å². The van der Waals surface area contributed by atoms with Crippen LogP contribution in [0.1, 0.15) is 61.1 Å². The molecule has 0 atom stereocenters. The van der Waals surface area contributed by atoms with Crippen LogP contribution in [-0.4, -0.2) is 59.5 Å². The topological polar surface area (TPSA) is 99.3 Å². The molecule has 8 heteroatoms. The van der Waals surface area contributed by atoms with E-state index in [1.165, 1.54) is 0 Å². The number of nitrogens with zero attached hydrogens (tertiary/aromatic N) is 2. The molecular weight excluding hydrogens is 418 g/mol. The zero-order valence-electron chi connectivity index (χ0n) is 19.9. The Morgan fingerprint density at radius 2 is 2.12 bits per heavy atom. The first-order chi connectivity index (χ1) is 16.0. The fourth-order valence-corrected chi connectivity index (χ4v) is 3.86. The third-order valence-electron chi connectivity index (χ3n) is 5.78. The smallest absolute Gasteiger partial charge is 0.251 e. The largest absolute Gasteiger partial charge is 0.493 e. The van der Waals surface area contributed by atoms with Crippen molar-refractivity contribution in [3.63, 3.8) is 0 Å². The summed E-state index contributed by atoms with van der Waals surface area (Å²) in [5.74, 6) is 1.15. The van der Waals surface area contributed by atoms with Crippen molar-refractivity contribution in [3.05, 3.63) is 47.5 Å². The van der Waals surface area contributed by atoms with E-state index >= 15 is 0 Å². The Hall–Kier alpha value is -2.87. The molecule has 0 fully saturated rings. The highest BCUT2D eigenvalue weighted by Gasteiger charge is 2.21. The molecule has 180 valence electrons. The Morgan fingerprint density at radius 1 is 1.24 bits per heavy atom. The summed E-state index contributed by atoms with van der Waals surface area (Å²) in [4.78, 5) is 34.9. The minimum atomic E-state index is -0.132. The Bertz CT molecular complexity index is 882. The number of benzene rings is 1. The van der Waals surface area contributed by atoms with Gasteiger partial charge in [-0.05, 0) is 50.3 Å². The molecule has 1 aliphatic heterocycles. The molecule has 0 unspecified atom stereocenters. The Morgan fingerprint density at radius 3 is 2.91 bits per heavy atom. The monoisotopic (exact) mass is 455 g/mol. The number of H-pyrrole nitrogens is 1. The van der Waals surface area contributed by atoms with E-state index in [0.29, 0.717) is 50.7 Å². The molecule has 3 rings (SSSR count). The summed E-state index contributed by atoms with van der Waals surface area (Å²) in [5.41, 5.74) is 2.42. The van der Waals surface area contributed by atoms with E-state index in [2.05, 4.69) is 39.3 Å². The average molecular weight is 456 g/mol. The molecule has 1 aromatic carbocycles. The molecule has 0 bridgehead atoms. The molecule has 0 radical (unpaired) electrons. The number of hydrogen-bond donors (Lipinski definition) is 3. The molecule has 2 aromatic rings. The molecule has 0 spiro atoms.